The van der Waals surface area contributed by atoms with Crippen LogP contribution >= 0.6 is 0 Å². The lowest BCUT2D eigenvalue weighted by atomic mass is 10.1. The van der Waals surface area contributed by atoms with Gasteiger partial charge in [-0.25, -0.2) is 0 Å². The fourth-order valence-corrected chi connectivity index (χ4v) is 2.85. The zero-order valence-electron chi connectivity index (χ0n) is 15.5. The summed E-state index contributed by atoms with van der Waals surface area (Å²) in [7, 11) is 0. The number of nitrogens with zero attached hydrogens (tertiary/aromatic N) is 2. The molecule has 0 aliphatic rings. The smallest absolute Gasteiger partial charge is 0.271 e. The number of non-ortho nitro benzene ring substituents is 1. The third-order valence-electron chi connectivity index (χ3n) is 4.36. The summed E-state index contributed by atoms with van der Waals surface area (Å²) >= 11 is 0. The van der Waals surface area contributed by atoms with Gasteiger partial charge in [-0.15, -0.1) is 0 Å². The molecule has 3 aromatic rings. The molecule has 0 bridgehead atoms. The first-order chi connectivity index (χ1) is 13.3. The van der Waals surface area contributed by atoms with Crippen LogP contribution in [0.5, 0.6) is 0 Å². The fourth-order valence-electron chi connectivity index (χ4n) is 2.85. The highest BCUT2D eigenvalue weighted by molar-refractivity contribution is 6.04. The number of rotatable bonds is 5. The predicted molar refractivity (Wildman–Crippen MR) is 107 cm³/mol. The van der Waals surface area contributed by atoms with Crippen molar-refractivity contribution < 1.29 is 9.72 Å². The number of carbonyl (C=O) groups excluding carboxylic acids is 1. The first kappa shape index (κ1) is 19.0. The van der Waals surface area contributed by atoms with E-state index in [1.54, 1.807) is 13.0 Å². The Balaban J connectivity index is 1.86. The Morgan fingerprint density at radius 1 is 1.11 bits per heavy atom. The number of pyridine rings is 1. The van der Waals surface area contributed by atoms with Crippen molar-refractivity contribution in [1.29, 1.82) is 0 Å². The molecule has 0 atom stereocenters. The van der Waals surface area contributed by atoms with Crippen LogP contribution in [0.15, 0.2) is 65.6 Å². The number of benzene rings is 2. The van der Waals surface area contributed by atoms with Crippen molar-refractivity contribution in [2.75, 3.05) is 5.32 Å². The fraction of sp³-hybridized carbons (Fsp3) is 0.143. The maximum Gasteiger partial charge on any atom is 0.271 e. The molecule has 1 amide bonds. The Hall–Kier alpha value is -3.74. The van der Waals surface area contributed by atoms with E-state index in [0.717, 1.165) is 11.1 Å². The van der Waals surface area contributed by atoms with Crippen molar-refractivity contribution >= 4 is 17.3 Å². The van der Waals surface area contributed by atoms with Crippen LogP contribution in [0.4, 0.5) is 11.4 Å². The number of carbonyl (C=O) groups is 1. The summed E-state index contributed by atoms with van der Waals surface area (Å²) in [5, 5.41) is 13.6. The molecule has 1 N–H and O–H groups in total. The zero-order valence-corrected chi connectivity index (χ0v) is 15.5. The monoisotopic (exact) mass is 377 g/mol. The normalized spacial score (nSPS) is 10.5. The number of nitrogens with one attached hydrogen (secondary N) is 1. The second-order valence-corrected chi connectivity index (χ2v) is 6.58. The number of amides is 1. The molecule has 0 saturated carbocycles. The topological polar surface area (TPSA) is 94.2 Å². The van der Waals surface area contributed by atoms with Crippen molar-refractivity contribution in [3.63, 3.8) is 0 Å². The molecule has 142 valence electrons. The third kappa shape index (κ3) is 4.32. The molecular weight excluding hydrogens is 358 g/mol. The predicted octanol–water partition coefficient (Wildman–Crippen LogP) is 3.67. The molecule has 7 heteroatoms. The van der Waals surface area contributed by atoms with Crippen molar-refractivity contribution in [3.05, 3.63) is 104 Å². The lowest BCUT2D eigenvalue weighted by Gasteiger charge is -2.11. The molecule has 1 aromatic heterocycles. The van der Waals surface area contributed by atoms with Gasteiger partial charge >= 0.3 is 0 Å². The second kappa shape index (κ2) is 7.87. The van der Waals surface area contributed by atoms with Gasteiger partial charge in [0.15, 0.2) is 0 Å². The zero-order chi connectivity index (χ0) is 20.3. The average molecular weight is 377 g/mol. The summed E-state index contributed by atoms with van der Waals surface area (Å²) in [6.07, 6.45) is 1.49. The average Bonchev–Trinajstić information content (AvgIpc) is 2.65. The van der Waals surface area contributed by atoms with Crippen molar-refractivity contribution in [2.24, 2.45) is 0 Å². The summed E-state index contributed by atoms with van der Waals surface area (Å²) < 4.78 is 1.46. The van der Waals surface area contributed by atoms with Gasteiger partial charge in [-0.2, -0.15) is 0 Å². The van der Waals surface area contributed by atoms with Gasteiger partial charge in [0.05, 0.1) is 22.7 Å². The van der Waals surface area contributed by atoms with E-state index in [4.69, 9.17) is 0 Å². The molecule has 2 aromatic carbocycles. The first-order valence-corrected chi connectivity index (χ1v) is 8.66. The van der Waals surface area contributed by atoms with E-state index in [1.165, 1.54) is 35.0 Å². The number of aryl methyl sites for hydroxylation is 2. The molecule has 0 spiro atoms. The van der Waals surface area contributed by atoms with Crippen LogP contribution in [0, 0.1) is 24.0 Å². The van der Waals surface area contributed by atoms with Crippen LogP contribution in [0.2, 0.25) is 0 Å². The Kier molecular flexibility index (Phi) is 5.35. The minimum atomic E-state index is -0.517. The summed E-state index contributed by atoms with van der Waals surface area (Å²) in [5.41, 5.74) is 3.06. The van der Waals surface area contributed by atoms with E-state index in [0.29, 0.717) is 17.8 Å². The highest BCUT2D eigenvalue weighted by Crippen LogP contribution is 2.22. The molecule has 0 radical (unpaired) electrons. The number of anilines is 1. The largest absolute Gasteiger partial charge is 0.321 e. The molecule has 28 heavy (non-hydrogen) atoms. The van der Waals surface area contributed by atoms with Gasteiger partial charge < -0.3 is 9.88 Å². The Bertz CT molecular complexity index is 1120. The molecule has 0 unspecified atom stereocenters. The highest BCUT2D eigenvalue weighted by atomic mass is 16.6. The number of nitro benzene ring substituents is 1. The molecule has 3 rings (SSSR count). The van der Waals surface area contributed by atoms with E-state index in [9.17, 15) is 19.7 Å². The molecular formula is C21H19N3O4. The standard InChI is InChI=1S/C21H19N3O4/c1-14-4-3-5-16(10-14)12-23-13-17(7-9-20(23)25)21(26)22-19-11-18(24(27)28)8-6-15(19)2/h3-11,13H,12H2,1-2H3,(H,22,26). The van der Waals surface area contributed by atoms with Gasteiger partial charge in [0.1, 0.15) is 0 Å². The van der Waals surface area contributed by atoms with E-state index in [-0.39, 0.29) is 16.8 Å². The number of nitro groups is 1. The molecule has 0 aliphatic carbocycles. The molecule has 0 saturated heterocycles. The van der Waals surface area contributed by atoms with Gasteiger partial charge in [-0.1, -0.05) is 35.9 Å². The van der Waals surface area contributed by atoms with Crippen LogP contribution in [0.3, 0.4) is 0 Å². The van der Waals surface area contributed by atoms with Gasteiger partial charge in [0.25, 0.3) is 17.2 Å². The maximum atomic E-state index is 12.6. The van der Waals surface area contributed by atoms with Gasteiger partial charge in [0.2, 0.25) is 0 Å². The highest BCUT2D eigenvalue weighted by Gasteiger charge is 2.13. The molecule has 0 aliphatic heterocycles. The van der Waals surface area contributed by atoms with E-state index < -0.39 is 10.8 Å². The number of hydrogen-bond donors (Lipinski definition) is 1. The minimum absolute atomic E-state index is 0.106. The third-order valence-corrected chi connectivity index (χ3v) is 4.36. The van der Waals surface area contributed by atoms with Crippen LogP contribution in [-0.2, 0) is 6.54 Å². The Morgan fingerprint density at radius 2 is 1.89 bits per heavy atom. The van der Waals surface area contributed by atoms with Crippen molar-refractivity contribution in [2.45, 2.75) is 20.4 Å². The Labute approximate surface area is 161 Å². The lowest BCUT2D eigenvalue weighted by molar-refractivity contribution is -0.384. The molecule has 7 nitrogen and oxygen atoms in total. The van der Waals surface area contributed by atoms with Gasteiger partial charge in [0, 0.05) is 24.4 Å². The van der Waals surface area contributed by atoms with Gasteiger partial charge in [-0.05, 0) is 31.0 Å². The van der Waals surface area contributed by atoms with E-state index >= 15 is 0 Å². The number of hydrogen-bond acceptors (Lipinski definition) is 4. The maximum absolute atomic E-state index is 12.6. The van der Waals surface area contributed by atoms with E-state index in [2.05, 4.69) is 5.32 Å². The lowest BCUT2D eigenvalue weighted by Crippen LogP contribution is -2.22. The second-order valence-electron chi connectivity index (χ2n) is 6.58. The molecule has 0 fully saturated rings. The first-order valence-electron chi connectivity index (χ1n) is 8.66. The SMILES string of the molecule is Cc1cccc(Cn2cc(C(=O)Nc3cc([N+](=O)[O-])ccc3C)ccc2=O)c1. The summed E-state index contributed by atoms with van der Waals surface area (Å²) in [4.78, 5) is 35.2. The summed E-state index contributed by atoms with van der Waals surface area (Å²) in [5.74, 6) is -0.443. The van der Waals surface area contributed by atoms with Crippen LogP contribution in [0.25, 0.3) is 0 Å². The summed E-state index contributed by atoms with van der Waals surface area (Å²) in [6.45, 7) is 4.06. The van der Waals surface area contributed by atoms with E-state index in [1.807, 2.05) is 31.2 Å². The van der Waals surface area contributed by atoms with Crippen LogP contribution in [0.1, 0.15) is 27.0 Å². The quantitative estimate of drug-likeness (QED) is 0.542. The van der Waals surface area contributed by atoms with Crippen LogP contribution < -0.4 is 10.9 Å². The van der Waals surface area contributed by atoms with Crippen LogP contribution in [-0.4, -0.2) is 15.4 Å². The molecule has 1 heterocycles. The number of aromatic nitrogens is 1. The summed E-state index contributed by atoms with van der Waals surface area (Å²) in [6, 6.07) is 14.8. The van der Waals surface area contributed by atoms with Crippen molar-refractivity contribution in [3.8, 4) is 0 Å². The minimum Gasteiger partial charge on any atom is -0.321 e. The van der Waals surface area contributed by atoms with Gasteiger partial charge in [-0.3, -0.25) is 19.7 Å². The van der Waals surface area contributed by atoms with Crippen molar-refractivity contribution in [1.82, 2.24) is 4.57 Å². The Morgan fingerprint density at radius 3 is 2.61 bits per heavy atom.